The Bertz CT molecular complexity index is 666. The van der Waals surface area contributed by atoms with E-state index in [-0.39, 0.29) is 18.0 Å². The van der Waals surface area contributed by atoms with Crippen molar-refractivity contribution in [3.05, 3.63) is 23.5 Å². The van der Waals surface area contributed by atoms with Crippen LogP contribution >= 0.6 is 0 Å². The predicted octanol–water partition coefficient (Wildman–Crippen LogP) is -1.71. The summed E-state index contributed by atoms with van der Waals surface area (Å²) >= 11 is 0. The zero-order chi connectivity index (χ0) is 12.8. The first-order valence-corrected chi connectivity index (χ1v) is 8.19. The fourth-order valence-electron chi connectivity index (χ4n) is 1.61. The standard InChI is InChI=1S/C8H11N3O4S2/c1-16(12,13)11-4-6-2-7(17(9,14)15)3-10-8(6)5-11/h2-3H,4-5H2,1H3,(H2,9,14,15)/p+1. The topological polar surface area (TPSA) is 112 Å². The molecule has 1 aliphatic heterocycles. The van der Waals surface area contributed by atoms with E-state index in [0.717, 1.165) is 6.26 Å². The number of hydrogen-bond donors (Lipinski definition) is 1. The monoisotopic (exact) mass is 278 g/mol. The molecular weight excluding hydrogens is 266 g/mol. The van der Waals surface area contributed by atoms with Crippen LogP contribution in [0.25, 0.3) is 0 Å². The smallest absolute Gasteiger partial charge is 0.258 e. The molecule has 1 aromatic heterocycles. The second-order valence-corrected chi connectivity index (χ2v) is 7.61. The third kappa shape index (κ3) is 2.46. The first kappa shape index (κ1) is 12.4. The van der Waals surface area contributed by atoms with Gasteiger partial charge in [-0.2, -0.15) is 12.7 Å². The van der Waals surface area contributed by atoms with Gasteiger partial charge in [0.25, 0.3) is 0 Å². The molecule has 0 bridgehead atoms. The van der Waals surface area contributed by atoms with Crippen LogP contribution < -0.4 is 5.14 Å². The van der Waals surface area contributed by atoms with Crippen LogP contribution in [-0.4, -0.2) is 32.4 Å². The molecule has 0 amide bonds. The molecule has 0 saturated heterocycles. The molecule has 1 aliphatic rings. The van der Waals surface area contributed by atoms with Gasteiger partial charge in [0.05, 0.1) is 24.7 Å². The molecule has 2 heterocycles. The Morgan fingerprint density at radius 3 is 2.47 bits per heavy atom. The average Bonchev–Trinajstić information content (AvgIpc) is 2.57. The molecule has 9 heteroatoms. The van der Waals surface area contributed by atoms with Crippen LogP contribution in [0.1, 0.15) is 11.3 Å². The molecule has 2 rings (SSSR count). The van der Waals surface area contributed by atoms with Gasteiger partial charge in [-0.3, -0.25) is 4.98 Å². The van der Waals surface area contributed by atoms with Crippen molar-refractivity contribution in [3.8, 4) is 0 Å². The summed E-state index contributed by atoms with van der Waals surface area (Å²) in [4.78, 5) is 3.97. The van der Waals surface area contributed by atoms with Gasteiger partial charge in [-0.1, -0.05) is 0 Å². The van der Waals surface area contributed by atoms with Crippen LogP contribution in [-0.2, 0) is 33.1 Å². The minimum Gasteiger partial charge on any atom is -0.258 e. The molecule has 0 saturated carbocycles. The van der Waals surface area contributed by atoms with E-state index in [1.54, 1.807) is 0 Å². The Balaban J connectivity index is 2.42. The molecule has 3 N–H and O–H groups in total. The molecule has 0 aliphatic carbocycles. The minimum atomic E-state index is -3.56. The van der Waals surface area contributed by atoms with E-state index in [1.165, 1.54) is 16.6 Å². The van der Waals surface area contributed by atoms with Crippen molar-refractivity contribution in [3.63, 3.8) is 0 Å². The molecule has 0 atom stereocenters. The zero-order valence-corrected chi connectivity index (χ0v) is 10.8. The van der Waals surface area contributed by atoms with Crippen LogP contribution in [0.4, 0.5) is 0 Å². The van der Waals surface area contributed by atoms with Crippen molar-refractivity contribution in [1.82, 2.24) is 9.29 Å². The van der Waals surface area contributed by atoms with Gasteiger partial charge in [-0.15, -0.1) is 0 Å². The molecule has 7 nitrogen and oxygen atoms in total. The predicted molar refractivity (Wildman–Crippen MR) is 58.4 cm³/mol. The van der Waals surface area contributed by atoms with E-state index >= 15 is 0 Å². The fraction of sp³-hybridized carbons (Fsp3) is 0.375. The molecular formula is C8H12N3O4S2+. The maximum Gasteiger partial charge on any atom is 0.324 e. The highest BCUT2D eigenvalue weighted by molar-refractivity contribution is 7.88. The maximum atomic E-state index is 11.4. The lowest BCUT2D eigenvalue weighted by Crippen LogP contribution is -2.56. The van der Waals surface area contributed by atoms with Crippen LogP contribution in [0.15, 0.2) is 17.2 Å². The molecule has 0 spiro atoms. The van der Waals surface area contributed by atoms with E-state index in [2.05, 4.69) is 10.1 Å². The van der Waals surface area contributed by atoms with Gasteiger partial charge >= 0.3 is 10.0 Å². The second kappa shape index (κ2) is 3.73. The Morgan fingerprint density at radius 1 is 1.29 bits per heavy atom. The summed E-state index contributed by atoms with van der Waals surface area (Å²) in [6.45, 7) is 0.343. The molecule has 1 aromatic rings. The van der Waals surface area contributed by atoms with Gasteiger partial charge in [0, 0.05) is 6.54 Å². The van der Waals surface area contributed by atoms with Crippen molar-refractivity contribution in [1.29, 1.82) is 0 Å². The number of fused-ring (bicyclic) bond motifs is 1. The highest BCUT2D eigenvalue weighted by Crippen LogP contribution is 2.24. The highest BCUT2D eigenvalue weighted by atomic mass is 32.2. The molecule has 0 unspecified atom stereocenters. The Morgan fingerprint density at radius 2 is 1.94 bits per heavy atom. The van der Waals surface area contributed by atoms with E-state index in [9.17, 15) is 16.8 Å². The quantitative estimate of drug-likeness (QED) is 0.692. The van der Waals surface area contributed by atoms with Crippen molar-refractivity contribution >= 4 is 20.0 Å². The van der Waals surface area contributed by atoms with Gasteiger partial charge in [-0.25, -0.2) is 13.6 Å². The summed E-state index contributed by atoms with van der Waals surface area (Å²) in [5.74, 6) is 0. The molecule has 17 heavy (non-hydrogen) atoms. The van der Waals surface area contributed by atoms with Gasteiger partial charge in [-0.05, 0) is 11.6 Å². The van der Waals surface area contributed by atoms with Crippen LogP contribution in [0.5, 0.6) is 0 Å². The number of nitrogens with zero attached hydrogens (tertiary/aromatic N) is 2. The number of aromatic nitrogens is 1. The molecule has 0 fully saturated rings. The largest absolute Gasteiger partial charge is 0.324 e. The van der Waals surface area contributed by atoms with Crippen molar-refractivity contribution in [2.24, 2.45) is 0 Å². The van der Waals surface area contributed by atoms with E-state index in [4.69, 9.17) is 0 Å². The van der Waals surface area contributed by atoms with Crippen molar-refractivity contribution in [2.75, 3.05) is 6.26 Å². The second-order valence-electron chi connectivity index (χ2n) is 3.92. The van der Waals surface area contributed by atoms with E-state index in [0.29, 0.717) is 11.3 Å². The first-order chi connectivity index (χ1) is 7.68. The zero-order valence-electron chi connectivity index (χ0n) is 9.12. The number of quaternary nitrogens is 1. The molecule has 0 radical (unpaired) electrons. The molecule has 94 valence electrons. The summed E-state index contributed by atoms with van der Waals surface area (Å²) in [6, 6.07) is 1.43. The van der Waals surface area contributed by atoms with E-state index in [1.807, 2.05) is 0 Å². The van der Waals surface area contributed by atoms with E-state index < -0.39 is 20.0 Å². The fourth-order valence-corrected chi connectivity index (χ4v) is 2.88. The Kier molecular flexibility index (Phi) is 2.73. The van der Waals surface area contributed by atoms with Crippen LogP contribution in [0.2, 0.25) is 0 Å². The summed E-state index contributed by atoms with van der Waals surface area (Å²) in [6.07, 6.45) is 2.31. The van der Waals surface area contributed by atoms with Crippen LogP contribution in [0.3, 0.4) is 0 Å². The number of rotatable bonds is 2. The number of pyridine rings is 1. The molecule has 0 aromatic carbocycles. The maximum absolute atomic E-state index is 11.4. The lowest BCUT2D eigenvalue weighted by atomic mass is 10.2. The summed E-state index contributed by atoms with van der Waals surface area (Å²) in [5.41, 5.74) is 1.20. The Hall–Kier alpha value is -1.03. The van der Waals surface area contributed by atoms with Crippen molar-refractivity contribution in [2.45, 2.75) is 18.0 Å². The van der Waals surface area contributed by atoms with Gasteiger partial charge in [0.15, 0.2) is 0 Å². The summed E-state index contributed by atoms with van der Waals surface area (Å²) in [7, 11) is -6.85. The normalized spacial score (nSPS) is 17.1. The minimum absolute atomic E-state index is 0.00611. The van der Waals surface area contributed by atoms with Gasteiger partial charge < -0.3 is 0 Å². The summed E-state index contributed by atoms with van der Waals surface area (Å²) < 4.78 is 46.4. The average molecular weight is 278 g/mol. The third-order valence-electron chi connectivity index (χ3n) is 2.54. The summed E-state index contributed by atoms with van der Waals surface area (Å²) in [5, 5.41) is 3.03. The third-order valence-corrected chi connectivity index (χ3v) is 4.67. The first-order valence-electron chi connectivity index (χ1n) is 4.69. The number of hydrogen-bond acceptors (Lipinski definition) is 5. The Labute approximate surface area is 99.4 Å². The van der Waals surface area contributed by atoms with Gasteiger partial charge in [0.2, 0.25) is 10.0 Å². The van der Waals surface area contributed by atoms with Crippen LogP contribution in [0, 0.1) is 0 Å². The highest BCUT2D eigenvalue weighted by Gasteiger charge is 2.28. The SMILES string of the molecule is CS(=O)(=O)N1Cc2cc(S([NH3+])(=O)=O)cnc2C1. The number of sulfonamides is 2. The van der Waals surface area contributed by atoms with Gasteiger partial charge in [0.1, 0.15) is 4.90 Å². The lowest BCUT2D eigenvalue weighted by molar-refractivity contribution is -0.165. The lowest BCUT2D eigenvalue weighted by Gasteiger charge is -2.10. The van der Waals surface area contributed by atoms with Crippen molar-refractivity contribution < 1.29 is 22.0 Å².